The molecule has 0 spiro atoms. The van der Waals surface area contributed by atoms with Gasteiger partial charge in [0.25, 0.3) is 0 Å². The second kappa shape index (κ2) is 6.92. The highest BCUT2D eigenvalue weighted by Gasteiger charge is 2.23. The normalized spacial score (nSPS) is 14.2. The Morgan fingerprint density at radius 2 is 2.00 bits per heavy atom. The second-order valence-electron chi connectivity index (χ2n) is 6.61. The van der Waals surface area contributed by atoms with E-state index in [1.165, 1.54) is 6.07 Å². The van der Waals surface area contributed by atoms with Gasteiger partial charge in [0.05, 0.1) is 5.56 Å². The van der Waals surface area contributed by atoms with E-state index in [4.69, 9.17) is 9.15 Å². The first-order chi connectivity index (χ1) is 12.7. The van der Waals surface area contributed by atoms with Gasteiger partial charge in [0.2, 0.25) is 0 Å². The third kappa shape index (κ3) is 3.10. The van der Waals surface area contributed by atoms with E-state index < -0.39 is 0 Å². The van der Waals surface area contributed by atoms with Crippen molar-refractivity contribution in [1.82, 2.24) is 4.90 Å². The maximum atomic E-state index is 14.0. The van der Waals surface area contributed by atoms with Crippen LogP contribution >= 0.6 is 0 Å². The molecule has 2 aromatic carbocycles. The van der Waals surface area contributed by atoms with Crippen molar-refractivity contribution in [1.29, 1.82) is 0 Å². The maximum absolute atomic E-state index is 14.0. The first-order valence-corrected chi connectivity index (χ1v) is 8.83. The van der Waals surface area contributed by atoms with E-state index in [0.29, 0.717) is 31.0 Å². The number of hydrogen-bond donors (Lipinski definition) is 0. The average molecular weight is 353 g/mol. The lowest BCUT2D eigenvalue weighted by molar-refractivity contribution is 0.0879. The van der Waals surface area contributed by atoms with Crippen LogP contribution in [0.1, 0.15) is 30.0 Å². The van der Waals surface area contributed by atoms with Gasteiger partial charge in [0.15, 0.2) is 0 Å². The fourth-order valence-corrected chi connectivity index (χ4v) is 3.49. The van der Waals surface area contributed by atoms with Crippen LogP contribution in [0.5, 0.6) is 5.75 Å². The molecule has 0 atom stereocenters. The Morgan fingerprint density at radius 1 is 1.15 bits per heavy atom. The fraction of sp³-hybridized carbons (Fsp3) is 0.286. The number of halogens is 1. The van der Waals surface area contributed by atoms with E-state index in [1.807, 2.05) is 23.1 Å². The van der Waals surface area contributed by atoms with Gasteiger partial charge < -0.3 is 9.15 Å². The summed E-state index contributed by atoms with van der Waals surface area (Å²) in [6.07, 6.45) is 1.77. The van der Waals surface area contributed by atoms with Crippen LogP contribution in [0.2, 0.25) is 0 Å². The molecule has 0 N–H and O–H groups in total. The second-order valence-corrected chi connectivity index (χ2v) is 6.61. The molecule has 0 fully saturated rings. The molecule has 5 heteroatoms. The van der Waals surface area contributed by atoms with Crippen molar-refractivity contribution < 1.29 is 13.5 Å². The quantitative estimate of drug-likeness (QED) is 0.658. The van der Waals surface area contributed by atoms with Crippen LogP contribution in [0.25, 0.3) is 11.0 Å². The zero-order valence-corrected chi connectivity index (χ0v) is 14.6. The largest absolute Gasteiger partial charge is 0.478 e. The molecule has 3 aromatic rings. The van der Waals surface area contributed by atoms with Crippen molar-refractivity contribution in [3.8, 4) is 5.75 Å². The monoisotopic (exact) mass is 353 g/mol. The van der Waals surface area contributed by atoms with Gasteiger partial charge in [-0.2, -0.15) is 0 Å². The van der Waals surface area contributed by atoms with E-state index in [0.717, 1.165) is 35.1 Å². The highest BCUT2D eigenvalue weighted by atomic mass is 19.1. The van der Waals surface area contributed by atoms with Crippen molar-refractivity contribution in [3.05, 3.63) is 75.4 Å². The number of aryl methyl sites for hydroxylation is 1. The summed E-state index contributed by atoms with van der Waals surface area (Å²) < 4.78 is 25.3. The zero-order chi connectivity index (χ0) is 18.1. The molecule has 0 aliphatic carbocycles. The van der Waals surface area contributed by atoms with Gasteiger partial charge in [-0.25, -0.2) is 9.18 Å². The molecule has 2 heterocycles. The molecule has 0 saturated heterocycles. The van der Waals surface area contributed by atoms with Gasteiger partial charge in [-0.15, -0.1) is 0 Å². The third-order valence-corrected chi connectivity index (χ3v) is 4.71. The SMILES string of the molecule is CCCc1cc(=O)oc2c3c(ccc12)OCN(Cc1ccccc1F)C3. The summed E-state index contributed by atoms with van der Waals surface area (Å²) in [6.45, 7) is 3.42. The van der Waals surface area contributed by atoms with E-state index in [-0.39, 0.29) is 11.4 Å². The van der Waals surface area contributed by atoms with Gasteiger partial charge >= 0.3 is 5.63 Å². The molecule has 4 rings (SSSR count). The van der Waals surface area contributed by atoms with E-state index in [1.54, 1.807) is 18.2 Å². The lowest BCUT2D eigenvalue weighted by atomic mass is 10.0. The van der Waals surface area contributed by atoms with Crippen molar-refractivity contribution in [3.63, 3.8) is 0 Å². The summed E-state index contributed by atoms with van der Waals surface area (Å²) in [5, 5.41) is 0.946. The summed E-state index contributed by atoms with van der Waals surface area (Å²) in [5.74, 6) is 0.493. The van der Waals surface area contributed by atoms with Crippen LogP contribution in [-0.4, -0.2) is 11.6 Å². The van der Waals surface area contributed by atoms with Crippen LogP contribution in [0.15, 0.2) is 51.7 Å². The molecule has 0 amide bonds. The number of benzene rings is 2. The Morgan fingerprint density at radius 3 is 2.81 bits per heavy atom. The molecule has 26 heavy (non-hydrogen) atoms. The Hall–Kier alpha value is -2.66. The first kappa shape index (κ1) is 16.8. The van der Waals surface area contributed by atoms with Crippen molar-refractivity contribution >= 4 is 11.0 Å². The number of nitrogens with zero attached hydrogens (tertiary/aromatic N) is 1. The fourth-order valence-electron chi connectivity index (χ4n) is 3.49. The highest BCUT2D eigenvalue weighted by molar-refractivity contribution is 5.85. The van der Waals surface area contributed by atoms with Gasteiger partial charge in [-0.1, -0.05) is 31.5 Å². The summed E-state index contributed by atoms with van der Waals surface area (Å²) in [5.41, 5.74) is 2.69. The summed E-state index contributed by atoms with van der Waals surface area (Å²) >= 11 is 0. The average Bonchev–Trinajstić information content (AvgIpc) is 2.64. The van der Waals surface area contributed by atoms with Gasteiger partial charge in [0.1, 0.15) is 23.9 Å². The van der Waals surface area contributed by atoms with Crippen LogP contribution < -0.4 is 10.4 Å². The van der Waals surface area contributed by atoms with Crippen LogP contribution in [0.3, 0.4) is 0 Å². The number of hydrogen-bond acceptors (Lipinski definition) is 4. The smallest absolute Gasteiger partial charge is 0.336 e. The Balaban J connectivity index is 1.72. The molecule has 1 aliphatic heterocycles. The molecule has 0 unspecified atom stereocenters. The molecule has 134 valence electrons. The molecular weight excluding hydrogens is 333 g/mol. The lowest BCUT2D eigenvalue weighted by Gasteiger charge is -2.29. The number of ether oxygens (including phenoxy) is 1. The van der Waals surface area contributed by atoms with Crippen LogP contribution in [0, 0.1) is 5.82 Å². The van der Waals surface area contributed by atoms with Crippen molar-refractivity contribution in [2.24, 2.45) is 0 Å². The summed E-state index contributed by atoms with van der Waals surface area (Å²) in [6, 6.07) is 12.2. The lowest BCUT2D eigenvalue weighted by Crippen LogP contribution is -2.32. The molecule has 1 aliphatic rings. The highest BCUT2D eigenvalue weighted by Crippen LogP contribution is 2.33. The summed E-state index contributed by atoms with van der Waals surface area (Å²) in [4.78, 5) is 14.0. The minimum atomic E-state index is -0.347. The molecule has 1 aromatic heterocycles. The van der Waals surface area contributed by atoms with E-state index in [2.05, 4.69) is 6.92 Å². The van der Waals surface area contributed by atoms with Crippen molar-refractivity contribution in [2.75, 3.05) is 6.73 Å². The minimum Gasteiger partial charge on any atom is -0.478 e. The summed E-state index contributed by atoms with van der Waals surface area (Å²) in [7, 11) is 0. The zero-order valence-electron chi connectivity index (χ0n) is 14.6. The first-order valence-electron chi connectivity index (χ1n) is 8.83. The van der Waals surface area contributed by atoms with E-state index >= 15 is 0 Å². The molecular formula is C21H20FNO3. The molecule has 4 nitrogen and oxygen atoms in total. The third-order valence-electron chi connectivity index (χ3n) is 4.71. The number of fused-ring (bicyclic) bond motifs is 3. The standard InChI is InChI=1S/C21H20FNO3/c1-2-5-14-10-20(24)26-21-16(14)8-9-19-17(21)12-23(13-25-19)11-15-6-3-4-7-18(15)22/h3-4,6-10H,2,5,11-13H2,1H3. The Kier molecular flexibility index (Phi) is 4.47. The molecule has 0 radical (unpaired) electrons. The van der Waals surface area contributed by atoms with E-state index in [9.17, 15) is 9.18 Å². The molecule has 0 saturated carbocycles. The Bertz CT molecular complexity index is 1010. The minimum absolute atomic E-state index is 0.229. The van der Waals surface area contributed by atoms with Crippen LogP contribution in [0.4, 0.5) is 4.39 Å². The van der Waals surface area contributed by atoms with Crippen molar-refractivity contribution in [2.45, 2.75) is 32.9 Å². The predicted molar refractivity (Wildman–Crippen MR) is 97.6 cm³/mol. The maximum Gasteiger partial charge on any atom is 0.336 e. The van der Waals surface area contributed by atoms with Gasteiger partial charge in [0, 0.05) is 30.1 Å². The van der Waals surface area contributed by atoms with Gasteiger partial charge in [-0.3, -0.25) is 4.90 Å². The van der Waals surface area contributed by atoms with Gasteiger partial charge in [-0.05, 0) is 30.2 Å². The Labute approximate surface area is 150 Å². The topological polar surface area (TPSA) is 42.7 Å². The molecule has 0 bridgehead atoms. The number of rotatable bonds is 4. The predicted octanol–water partition coefficient (Wildman–Crippen LogP) is 4.24. The van der Waals surface area contributed by atoms with Crippen LogP contribution in [-0.2, 0) is 19.5 Å².